The summed E-state index contributed by atoms with van der Waals surface area (Å²) in [4.78, 5) is 36.0. The van der Waals surface area contributed by atoms with Crippen molar-refractivity contribution in [1.82, 2.24) is 34.3 Å². The van der Waals surface area contributed by atoms with Crippen LogP contribution in [0.3, 0.4) is 0 Å². The lowest BCUT2D eigenvalue weighted by molar-refractivity contribution is -0.120. The van der Waals surface area contributed by atoms with Crippen LogP contribution < -0.4 is 20.9 Å². The molecule has 16 nitrogen and oxygen atoms in total. The largest absolute Gasteiger partial charge is 0.405 e. The number of nitriles is 1. The zero-order valence-corrected chi connectivity index (χ0v) is 32.8. The number of nitrogens with zero attached hydrogens (tertiary/aromatic N) is 8. The maximum atomic E-state index is 13.7. The molecular weight excluding hydrogens is 790 g/mol. The molecule has 2 aromatic carbocycles. The van der Waals surface area contributed by atoms with Gasteiger partial charge in [0.15, 0.2) is 5.82 Å². The average molecular weight is 831 g/mol. The number of anilines is 3. The van der Waals surface area contributed by atoms with Crippen molar-refractivity contribution in [3.8, 4) is 17.9 Å². The van der Waals surface area contributed by atoms with E-state index >= 15 is 0 Å². The van der Waals surface area contributed by atoms with Crippen molar-refractivity contribution < 1.29 is 31.2 Å². The number of aromatic nitrogens is 4. The molecule has 0 spiro atoms. The van der Waals surface area contributed by atoms with Crippen LogP contribution >= 0.6 is 0 Å². The molecule has 3 fully saturated rings. The summed E-state index contributed by atoms with van der Waals surface area (Å²) in [6, 6.07) is 11.8. The molecule has 308 valence electrons. The number of sulfonamides is 1. The molecule has 2 aromatic heterocycles. The Morgan fingerprint density at radius 2 is 1.80 bits per heavy atom. The van der Waals surface area contributed by atoms with Gasteiger partial charge in [-0.2, -0.15) is 32.8 Å². The summed E-state index contributed by atoms with van der Waals surface area (Å²) < 4.78 is 68.8. The zero-order chi connectivity index (χ0) is 41.9. The molecule has 0 saturated carbocycles. The third kappa shape index (κ3) is 9.30. The van der Waals surface area contributed by atoms with E-state index in [1.165, 1.54) is 39.2 Å². The Balaban J connectivity index is 0.939. The molecule has 0 unspecified atom stereocenters. The lowest BCUT2D eigenvalue weighted by Crippen LogP contribution is -2.49. The van der Waals surface area contributed by atoms with Crippen molar-refractivity contribution in [1.29, 1.82) is 10.7 Å². The molecule has 3 aliphatic rings. The fourth-order valence-electron chi connectivity index (χ4n) is 7.49. The number of amides is 3. The second kappa shape index (κ2) is 17.0. The molecule has 3 saturated heterocycles. The zero-order valence-electron chi connectivity index (χ0n) is 32.0. The molecule has 0 radical (unpaired) electrons. The number of fused-ring (bicyclic) bond motifs is 1. The fraction of sp³-hybridized carbons (Fsp3) is 0.410. The summed E-state index contributed by atoms with van der Waals surface area (Å²) in [7, 11) is -2.11. The van der Waals surface area contributed by atoms with Crippen LogP contribution in [0.4, 0.5) is 35.5 Å². The van der Waals surface area contributed by atoms with Crippen molar-refractivity contribution >= 4 is 56.7 Å². The number of carbonyl (C=O) groups excluding carboxylic acids is 2. The van der Waals surface area contributed by atoms with Crippen LogP contribution in [0.2, 0.25) is 0 Å². The summed E-state index contributed by atoms with van der Waals surface area (Å²) in [5.41, 5.74) is 2.74. The Bertz CT molecular complexity index is 2490. The molecule has 20 heteroatoms. The molecule has 0 bridgehead atoms. The number of nitrogens with one attached hydrogen (secondary N) is 4. The van der Waals surface area contributed by atoms with Gasteiger partial charge in [-0.25, -0.2) is 18.2 Å². The topological polar surface area (TPSA) is 205 Å². The second-order valence-corrected chi connectivity index (χ2v) is 16.5. The van der Waals surface area contributed by atoms with Crippen molar-refractivity contribution in [3.05, 3.63) is 64.8 Å². The number of urea groups is 1. The third-order valence-electron chi connectivity index (χ3n) is 10.7. The summed E-state index contributed by atoms with van der Waals surface area (Å²) >= 11 is 0. The van der Waals surface area contributed by atoms with E-state index in [1.54, 1.807) is 4.68 Å². The number of aryl methyl sites for hydroxylation is 1. The molecule has 7 rings (SSSR count). The lowest BCUT2D eigenvalue weighted by Gasteiger charge is -2.31. The van der Waals surface area contributed by atoms with E-state index in [2.05, 4.69) is 66.0 Å². The van der Waals surface area contributed by atoms with Gasteiger partial charge >= 0.3 is 12.2 Å². The molecule has 0 atom stereocenters. The van der Waals surface area contributed by atoms with Crippen LogP contribution in [0.1, 0.15) is 60.3 Å². The van der Waals surface area contributed by atoms with Crippen LogP contribution in [-0.4, -0.2) is 114 Å². The predicted molar refractivity (Wildman–Crippen MR) is 213 cm³/mol. The van der Waals surface area contributed by atoms with Gasteiger partial charge in [0.05, 0.1) is 28.1 Å². The first-order valence-corrected chi connectivity index (χ1v) is 20.4. The van der Waals surface area contributed by atoms with Gasteiger partial charge in [-0.15, -0.1) is 0 Å². The maximum absolute atomic E-state index is 13.7. The normalized spacial score (nSPS) is 17.6. The number of imide groups is 1. The first-order valence-electron chi connectivity index (χ1n) is 19.0. The van der Waals surface area contributed by atoms with Crippen LogP contribution in [-0.2, 0) is 21.9 Å². The van der Waals surface area contributed by atoms with Gasteiger partial charge in [0.1, 0.15) is 18.4 Å². The molecule has 0 aliphatic carbocycles. The Kier molecular flexibility index (Phi) is 11.9. The van der Waals surface area contributed by atoms with E-state index in [0.717, 1.165) is 43.0 Å². The molecule has 4 N–H and O–H groups in total. The van der Waals surface area contributed by atoms with Gasteiger partial charge in [0.2, 0.25) is 21.9 Å². The van der Waals surface area contributed by atoms with Crippen LogP contribution in [0.15, 0.2) is 47.5 Å². The average Bonchev–Trinajstić information content (AvgIpc) is 3.55. The van der Waals surface area contributed by atoms with E-state index in [4.69, 9.17) is 5.41 Å². The molecule has 4 aromatic rings. The quantitative estimate of drug-likeness (QED) is 0.132. The first kappa shape index (κ1) is 41.1. The lowest BCUT2D eigenvalue weighted by atomic mass is 9.89. The molecule has 3 aliphatic heterocycles. The Labute approximate surface area is 338 Å². The van der Waals surface area contributed by atoms with Crippen molar-refractivity contribution in [3.63, 3.8) is 0 Å². The monoisotopic (exact) mass is 830 g/mol. The summed E-state index contributed by atoms with van der Waals surface area (Å²) in [6.07, 6.45) is 0.362. The number of piperidine rings is 2. The van der Waals surface area contributed by atoms with E-state index in [1.807, 2.05) is 13.1 Å². The predicted octanol–water partition coefficient (Wildman–Crippen LogP) is 4.15. The molecule has 59 heavy (non-hydrogen) atoms. The maximum Gasteiger partial charge on any atom is 0.405 e. The van der Waals surface area contributed by atoms with Crippen molar-refractivity contribution in [2.45, 2.75) is 55.1 Å². The second-order valence-electron chi connectivity index (χ2n) is 14.6. The van der Waals surface area contributed by atoms with E-state index < -0.39 is 28.8 Å². The Morgan fingerprint density at radius 3 is 2.49 bits per heavy atom. The summed E-state index contributed by atoms with van der Waals surface area (Å²) in [6.45, 7) is 1.28. The number of halogens is 3. The molecule has 3 amide bonds. The van der Waals surface area contributed by atoms with Crippen LogP contribution in [0.5, 0.6) is 0 Å². The number of rotatable bonds is 10. The number of benzene rings is 2. The first-order chi connectivity index (χ1) is 28.2. The minimum atomic E-state index is -4.48. The summed E-state index contributed by atoms with van der Waals surface area (Å²) in [5.74, 6) is 6.62. The molecular formula is C39H41F3N12O4S. The number of likely N-dealkylation sites (tertiary alicyclic amines) is 1. The number of carbonyl (C=O) groups is 2. The SMILES string of the molecule is Cn1nc(N2CCC(=O)NC2=O)c2ccc(C3CCN(CC#Cc4cc(S(=O)(=O)N5CCC(Nc6ncc(C=N)c(NCC(F)(F)F)n6)CC5)ccc4C#N)CC3)cc21. The van der Waals surface area contributed by atoms with Crippen molar-refractivity contribution in [2.24, 2.45) is 7.05 Å². The number of alkyl halides is 3. The van der Waals surface area contributed by atoms with Crippen LogP contribution in [0, 0.1) is 28.6 Å². The van der Waals surface area contributed by atoms with Gasteiger partial charge in [0, 0.05) is 62.5 Å². The molecule has 5 heterocycles. The van der Waals surface area contributed by atoms with E-state index in [0.29, 0.717) is 36.7 Å². The van der Waals surface area contributed by atoms with Gasteiger partial charge in [-0.3, -0.25) is 24.6 Å². The highest BCUT2D eigenvalue weighted by atomic mass is 32.2. The number of hydrogen-bond donors (Lipinski definition) is 4. The van der Waals surface area contributed by atoms with Crippen LogP contribution in [0.25, 0.3) is 10.9 Å². The highest BCUT2D eigenvalue weighted by Gasteiger charge is 2.32. The minimum absolute atomic E-state index is 0.0192. The van der Waals surface area contributed by atoms with Crippen molar-refractivity contribution in [2.75, 3.05) is 61.3 Å². The highest BCUT2D eigenvalue weighted by molar-refractivity contribution is 7.89. The van der Waals surface area contributed by atoms with Gasteiger partial charge in [0.25, 0.3) is 0 Å². The van der Waals surface area contributed by atoms with Gasteiger partial charge in [-0.1, -0.05) is 17.9 Å². The Hall–Kier alpha value is -6.09. The van der Waals surface area contributed by atoms with Gasteiger partial charge < -0.3 is 16.0 Å². The number of hydrogen-bond acceptors (Lipinski definition) is 12. The van der Waals surface area contributed by atoms with E-state index in [9.17, 15) is 36.4 Å². The minimum Gasteiger partial charge on any atom is -0.360 e. The fourth-order valence-corrected chi connectivity index (χ4v) is 8.99. The highest BCUT2D eigenvalue weighted by Crippen LogP contribution is 2.34. The summed E-state index contributed by atoms with van der Waals surface area (Å²) in [5, 5.41) is 30.2. The standard InChI is InChI=1S/C39H41F3N12O4S/c1-51-33-20-27(5-7-32(33)36(50-51)54-18-12-34(55)48-38(54)56)25-8-14-52(15-9-25)13-2-3-26-19-31(6-4-28(26)21-43)59(57,58)53-16-10-30(11-17-53)47-37-45-23-29(22-44)35(49-37)46-24-39(40,41)42/h4-7,19-20,22-23,25,30,44H,8-18,24H2,1H3,(H,48,55,56)(H2,45,46,47,49). The smallest absolute Gasteiger partial charge is 0.360 e. The van der Waals surface area contributed by atoms with Gasteiger partial charge in [-0.05, 0) is 80.6 Å². The third-order valence-corrected chi connectivity index (χ3v) is 12.6. The van der Waals surface area contributed by atoms with E-state index in [-0.39, 0.29) is 65.8 Å². The Morgan fingerprint density at radius 1 is 1.03 bits per heavy atom.